The number of benzene rings is 1. The van der Waals surface area contributed by atoms with Crippen molar-refractivity contribution in [3.8, 4) is 0 Å². The van der Waals surface area contributed by atoms with E-state index in [1.54, 1.807) is 6.07 Å². The molecule has 0 bridgehead atoms. The van der Waals surface area contributed by atoms with E-state index in [4.69, 9.17) is 33.5 Å². The Kier molecular flexibility index (Phi) is 3.56. The van der Waals surface area contributed by atoms with Gasteiger partial charge < -0.3 is 5.73 Å². The Morgan fingerprint density at radius 2 is 1.80 bits per heavy atom. The van der Waals surface area contributed by atoms with E-state index in [9.17, 15) is 8.42 Å². The fourth-order valence-corrected chi connectivity index (χ4v) is 1.45. The second-order valence-corrected chi connectivity index (χ2v) is 4.68. The Bertz CT molecular complexity index is 493. The molecule has 0 saturated heterocycles. The molecule has 0 fully saturated rings. The molecule has 0 saturated carbocycles. The number of halogens is 2. The molecule has 0 radical (unpaired) electrons. The molecular weight excluding hydrogens is 263 g/mol. The van der Waals surface area contributed by atoms with Gasteiger partial charge in [-0.2, -0.15) is 8.42 Å². The van der Waals surface area contributed by atoms with Crippen molar-refractivity contribution in [2.24, 2.45) is 10.7 Å². The molecule has 0 aliphatic heterocycles. The van der Waals surface area contributed by atoms with Crippen molar-refractivity contribution in [1.82, 2.24) is 0 Å². The molecular formula is C7H6Cl2N2O3S. The van der Waals surface area contributed by atoms with Gasteiger partial charge in [0.2, 0.25) is 5.17 Å². The van der Waals surface area contributed by atoms with Crippen LogP contribution in [-0.2, 0) is 10.1 Å². The average molecular weight is 269 g/mol. The molecule has 15 heavy (non-hydrogen) atoms. The number of aliphatic imine (C=N–C) groups is 1. The van der Waals surface area contributed by atoms with Crippen LogP contribution in [0.4, 0.5) is 5.69 Å². The quantitative estimate of drug-likeness (QED) is 0.462. The van der Waals surface area contributed by atoms with Crippen molar-refractivity contribution >= 4 is 44.2 Å². The monoisotopic (exact) mass is 268 g/mol. The zero-order chi connectivity index (χ0) is 11.6. The van der Waals surface area contributed by atoms with E-state index in [1.807, 2.05) is 0 Å². The molecule has 0 unspecified atom stereocenters. The number of nitrogens with two attached hydrogens (primary N) is 1. The third-order valence-electron chi connectivity index (χ3n) is 1.42. The number of hydrogen-bond acceptors (Lipinski definition) is 3. The van der Waals surface area contributed by atoms with E-state index >= 15 is 0 Å². The molecule has 3 N–H and O–H groups in total. The number of hydrogen-bond donors (Lipinski definition) is 2. The molecule has 0 aliphatic rings. The van der Waals surface area contributed by atoms with Crippen LogP contribution in [0, 0.1) is 0 Å². The summed E-state index contributed by atoms with van der Waals surface area (Å²) in [7, 11) is -4.52. The SMILES string of the molecule is NC(=Nc1c(Cl)cccc1Cl)S(=O)(=O)O. The van der Waals surface area contributed by atoms with Crippen LogP contribution in [0.1, 0.15) is 0 Å². The largest absolute Gasteiger partial charge is 0.372 e. The molecule has 0 spiro atoms. The fraction of sp³-hybridized carbons (Fsp3) is 0. The van der Waals surface area contributed by atoms with Gasteiger partial charge in [0, 0.05) is 0 Å². The van der Waals surface area contributed by atoms with Crippen LogP contribution in [0.5, 0.6) is 0 Å². The minimum atomic E-state index is -4.52. The Morgan fingerprint density at radius 3 is 2.20 bits per heavy atom. The maximum absolute atomic E-state index is 10.6. The summed E-state index contributed by atoms with van der Waals surface area (Å²) in [6.45, 7) is 0. The Hall–Kier alpha value is -0.820. The highest BCUT2D eigenvalue weighted by Crippen LogP contribution is 2.32. The highest BCUT2D eigenvalue weighted by atomic mass is 35.5. The molecule has 1 rings (SSSR count). The second-order valence-electron chi connectivity index (χ2n) is 2.50. The lowest BCUT2D eigenvalue weighted by Crippen LogP contribution is -2.22. The van der Waals surface area contributed by atoms with Crippen molar-refractivity contribution in [2.75, 3.05) is 0 Å². The van der Waals surface area contributed by atoms with Gasteiger partial charge in [0.1, 0.15) is 5.69 Å². The van der Waals surface area contributed by atoms with Crippen LogP contribution in [0.15, 0.2) is 23.2 Å². The highest BCUT2D eigenvalue weighted by molar-refractivity contribution is 8.01. The molecule has 0 aromatic heterocycles. The van der Waals surface area contributed by atoms with Crippen LogP contribution in [0.3, 0.4) is 0 Å². The first kappa shape index (κ1) is 12.3. The third kappa shape index (κ3) is 3.07. The van der Waals surface area contributed by atoms with Crippen LogP contribution in [-0.4, -0.2) is 18.1 Å². The first-order valence-electron chi connectivity index (χ1n) is 3.58. The molecule has 0 aliphatic carbocycles. The normalized spacial score (nSPS) is 12.9. The van der Waals surface area contributed by atoms with E-state index in [0.717, 1.165) is 0 Å². The Morgan fingerprint density at radius 1 is 1.33 bits per heavy atom. The zero-order valence-electron chi connectivity index (χ0n) is 7.18. The van der Waals surface area contributed by atoms with Crippen LogP contribution in [0.2, 0.25) is 10.0 Å². The molecule has 8 heteroatoms. The van der Waals surface area contributed by atoms with Gasteiger partial charge in [0.25, 0.3) is 0 Å². The minimum absolute atomic E-state index is 0.00374. The number of nitrogens with zero attached hydrogens (tertiary/aromatic N) is 1. The highest BCUT2D eigenvalue weighted by Gasteiger charge is 2.13. The minimum Gasteiger partial charge on any atom is -0.372 e. The molecule has 0 heterocycles. The predicted octanol–water partition coefficient (Wildman–Crippen LogP) is 1.83. The molecule has 0 atom stereocenters. The molecule has 1 aromatic carbocycles. The summed E-state index contributed by atoms with van der Waals surface area (Å²) < 4.78 is 29.7. The first-order valence-corrected chi connectivity index (χ1v) is 5.77. The van der Waals surface area contributed by atoms with E-state index in [2.05, 4.69) is 4.99 Å². The maximum atomic E-state index is 10.6. The van der Waals surface area contributed by atoms with Gasteiger partial charge in [-0.1, -0.05) is 29.3 Å². The second kappa shape index (κ2) is 4.36. The molecule has 5 nitrogen and oxygen atoms in total. The maximum Gasteiger partial charge on any atom is 0.328 e. The number of amidine groups is 1. The summed E-state index contributed by atoms with van der Waals surface area (Å²) in [4.78, 5) is 3.42. The number of rotatable bonds is 1. The Labute approximate surface area is 96.3 Å². The lowest BCUT2D eigenvalue weighted by molar-refractivity contribution is 0.497. The lowest BCUT2D eigenvalue weighted by Gasteiger charge is -2.01. The van der Waals surface area contributed by atoms with Crippen LogP contribution >= 0.6 is 23.2 Å². The topological polar surface area (TPSA) is 92.8 Å². The van der Waals surface area contributed by atoms with E-state index in [1.165, 1.54) is 12.1 Å². The van der Waals surface area contributed by atoms with E-state index in [-0.39, 0.29) is 15.7 Å². The van der Waals surface area contributed by atoms with Crippen LogP contribution < -0.4 is 5.73 Å². The summed E-state index contributed by atoms with van der Waals surface area (Å²) in [5.41, 5.74) is 5.01. The van der Waals surface area contributed by atoms with E-state index < -0.39 is 15.3 Å². The summed E-state index contributed by atoms with van der Waals surface area (Å²) in [5.74, 6) is 0. The summed E-state index contributed by atoms with van der Waals surface area (Å²) in [6.07, 6.45) is 0. The first-order chi connectivity index (χ1) is 6.82. The average Bonchev–Trinajstić information content (AvgIpc) is 2.09. The van der Waals surface area contributed by atoms with Crippen molar-refractivity contribution < 1.29 is 13.0 Å². The van der Waals surface area contributed by atoms with Gasteiger partial charge >= 0.3 is 10.1 Å². The molecule has 1 aromatic rings. The lowest BCUT2D eigenvalue weighted by atomic mass is 10.3. The zero-order valence-corrected chi connectivity index (χ0v) is 9.51. The standard InChI is InChI=1S/C7H6Cl2N2O3S/c8-4-2-1-3-5(9)6(4)11-7(10)15(12,13)14/h1-3H,(H2,10,11)(H,12,13,14). The van der Waals surface area contributed by atoms with Gasteiger partial charge in [0.15, 0.2) is 0 Å². The fourth-order valence-electron chi connectivity index (χ4n) is 0.764. The van der Waals surface area contributed by atoms with Gasteiger partial charge in [0.05, 0.1) is 10.0 Å². The van der Waals surface area contributed by atoms with Crippen molar-refractivity contribution in [1.29, 1.82) is 0 Å². The van der Waals surface area contributed by atoms with Crippen molar-refractivity contribution in [2.45, 2.75) is 0 Å². The Balaban J connectivity index is 3.32. The molecule has 0 amide bonds. The third-order valence-corrected chi connectivity index (χ3v) is 2.65. The number of para-hydroxylation sites is 1. The predicted molar refractivity (Wildman–Crippen MR) is 59.3 cm³/mol. The smallest absolute Gasteiger partial charge is 0.328 e. The van der Waals surface area contributed by atoms with Crippen LogP contribution in [0.25, 0.3) is 0 Å². The summed E-state index contributed by atoms with van der Waals surface area (Å²) in [5, 5.41) is -0.694. The summed E-state index contributed by atoms with van der Waals surface area (Å²) >= 11 is 11.4. The van der Waals surface area contributed by atoms with Gasteiger partial charge in [-0.3, -0.25) is 4.55 Å². The molecule has 82 valence electrons. The van der Waals surface area contributed by atoms with Gasteiger partial charge in [-0.15, -0.1) is 0 Å². The van der Waals surface area contributed by atoms with E-state index in [0.29, 0.717) is 0 Å². The van der Waals surface area contributed by atoms with Gasteiger partial charge in [-0.05, 0) is 12.1 Å². The summed E-state index contributed by atoms with van der Waals surface area (Å²) in [6, 6.07) is 4.49. The van der Waals surface area contributed by atoms with Crippen molar-refractivity contribution in [3.05, 3.63) is 28.2 Å². The van der Waals surface area contributed by atoms with Crippen molar-refractivity contribution in [3.63, 3.8) is 0 Å². The van der Waals surface area contributed by atoms with Gasteiger partial charge in [-0.25, -0.2) is 4.99 Å².